The Kier molecular flexibility index (Phi) is 4.34. The lowest BCUT2D eigenvalue weighted by atomic mass is 10.3. The molecule has 0 spiro atoms. The van der Waals surface area contributed by atoms with Crippen molar-refractivity contribution in [2.45, 2.75) is 13.0 Å². The number of carbonyl (C=O) groups excluding carboxylic acids is 1. The minimum absolute atomic E-state index is 0.211. The number of amides is 1. The van der Waals surface area contributed by atoms with E-state index in [2.05, 4.69) is 26.3 Å². The monoisotopic (exact) mass is 323 g/mol. The van der Waals surface area contributed by atoms with Crippen LogP contribution in [0.1, 0.15) is 17.4 Å². The smallest absolute Gasteiger partial charge is 0.271 e. The van der Waals surface area contributed by atoms with Crippen LogP contribution >= 0.6 is 15.9 Å². The van der Waals surface area contributed by atoms with Gasteiger partial charge < -0.3 is 10.4 Å². The number of aromatic nitrogens is 2. The predicted octanol–water partition coefficient (Wildman–Crippen LogP) is 1.75. The molecule has 1 amide bonds. The van der Waals surface area contributed by atoms with Gasteiger partial charge in [-0.2, -0.15) is 5.10 Å². The first kappa shape index (κ1) is 13.8. The minimum Gasteiger partial charge on any atom is -0.392 e. The summed E-state index contributed by atoms with van der Waals surface area (Å²) in [6.45, 7) is 1.82. The van der Waals surface area contributed by atoms with Crippen LogP contribution in [0.3, 0.4) is 0 Å². The van der Waals surface area contributed by atoms with Gasteiger partial charge >= 0.3 is 0 Å². The molecule has 1 unspecified atom stereocenters. The number of hydrogen-bond donors (Lipinski definition) is 2. The average Bonchev–Trinajstić information content (AvgIpc) is 2.85. The molecule has 1 heterocycles. The van der Waals surface area contributed by atoms with Gasteiger partial charge in [0.05, 0.1) is 11.8 Å². The Morgan fingerprint density at radius 1 is 1.53 bits per heavy atom. The summed E-state index contributed by atoms with van der Waals surface area (Å²) in [6.07, 6.45) is 1.15. The number of halogens is 1. The van der Waals surface area contributed by atoms with Crippen LogP contribution in [0.25, 0.3) is 5.69 Å². The van der Waals surface area contributed by atoms with E-state index in [9.17, 15) is 4.79 Å². The number of aliphatic hydroxyl groups excluding tert-OH is 1. The molecule has 100 valence electrons. The van der Waals surface area contributed by atoms with Crippen molar-refractivity contribution in [2.24, 2.45) is 0 Å². The lowest BCUT2D eigenvalue weighted by molar-refractivity contribution is 0.0918. The first-order chi connectivity index (χ1) is 9.06. The van der Waals surface area contributed by atoms with Crippen LogP contribution in [0.2, 0.25) is 0 Å². The Balaban J connectivity index is 2.13. The fourth-order valence-electron chi connectivity index (χ4n) is 1.54. The van der Waals surface area contributed by atoms with Crippen LogP contribution in [-0.4, -0.2) is 33.4 Å². The van der Waals surface area contributed by atoms with Crippen LogP contribution < -0.4 is 5.32 Å². The highest BCUT2D eigenvalue weighted by Crippen LogP contribution is 2.15. The van der Waals surface area contributed by atoms with Crippen LogP contribution in [-0.2, 0) is 0 Å². The third kappa shape index (κ3) is 3.65. The summed E-state index contributed by atoms with van der Waals surface area (Å²) >= 11 is 3.39. The lowest BCUT2D eigenvalue weighted by Gasteiger charge is -2.05. The van der Waals surface area contributed by atoms with Gasteiger partial charge in [-0.25, -0.2) is 4.68 Å². The maximum atomic E-state index is 11.8. The van der Waals surface area contributed by atoms with E-state index in [0.29, 0.717) is 5.69 Å². The second kappa shape index (κ2) is 5.99. The summed E-state index contributed by atoms with van der Waals surface area (Å²) in [7, 11) is 0. The third-order valence-electron chi connectivity index (χ3n) is 2.45. The Bertz CT molecular complexity index is 581. The molecule has 2 N–H and O–H groups in total. The summed E-state index contributed by atoms with van der Waals surface area (Å²) in [5, 5.41) is 15.9. The molecule has 0 saturated heterocycles. The number of rotatable bonds is 4. The molecule has 5 nitrogen and oxygen atoms in total. The molecule has 2 aromatic rings. The number of hydrogen-bond acceptors (Lipinski definition) is 3. The summed E-state index contributed by atoms with van der Waals surface area (Å²) in [6, 6.07) is 9.26. The van der Waals surface area contributed by atoms with E-state index < -0.39 is 6.10 Å². The molecule has 1 atom stereocenters. The number of nitrogens with zero attached hydrogens (tertiary/aromatic N) is 2. The van der Waals surface area contributed by atoms with Gasteiger partial charge in [-0.05, 0) is 31.2 Å². The van der Waals surface area contributed by atoms with Gasteiger partial charge in [0.2, 0.25) is 0 Å². The topological polar surface area (TPSA) is 67.2 Å². The molecule has 0 aliphatic heterocycles. The molecule has 0 aliphatic carbocycles. The van der Waals surface area contributed by atoms with Crippen LogP contribution in [0, 0.1) is 0 Å². The molecule has 0 saturated carbocycles. The predicted molar refractivity (Wildman–Crippen MR) is 75.3 cm³/mol. The van der Waals surface area contributed by atoms with E-state index in [1.807, 2.05) is 24.3 Å². The Morgan fingerprint density at radius 2 is 2.32 bits per heavy atom. The fourth-order valence-corrected chi connectivity index (χ4v) is 1.93. The van der Waals surface area contributed by atoms with Gasteiger partial charge in [0.1, 0.15) is 0 Å². The highest BCUT2D eigenvalue weighted by atomic mass is 79.9. The molecule has 1 aromatic carbocycles. The summed E-state index contributed by atoms with van der Waals surface area (Å²) in [4.78, 5) is 11.8. The standard InChI is InChI=1S/C13H14BrN3O2/c1-9(18)8-15-13(19)12-5-6-17(16-12)11-4-2-3-10(14)7-11/h2-7,9,18H,8H2,1H3,(H,15,19). The van der Waals surface area contributed by atoms with Crippen molar-refractivity contribution >= 4 is 21.8 Å². The van der Waals surface area contributed by atoms with Crippen molar-refractivity contribution in [3.05, 3.63) is 46.7 Å². The normalized spacial score (nSPS) is 12.2. The van der Waals surface area contributed by atoms with Gasteiger partial charge in [0.25, 0.3) is 5.91 Å². The zero-order valence-corrected chi connectivity index (χ0v) is 12.0. The molecule has 2 rings (SSSR count). The van der Waals surface area contributed by atoms with Gasteiger partial charge in [-0.1, -0.05) is 22.0 Å². The molecular weight excluding hydrogens is 310 g/mol. The molecule has 0 bridgehead atoms. The number of nitrogens with one attached hydrogen (secondary N) is 1. The number of aliphatic hydroxyl groups is 1. The zero-order valence-electron chi connectivity index (χ0n) is 10.4. The quantitative estimate of drug-likeness (QED) is 0.900. The average molecular weight is 324 g/mol. The van der Waals surface area contributed by atoms with Crippen LogP contribution in [0.5, 0.6) is 0 Å². The van der Waals surface area contributed by atoms with Crippen molar-refractivity contribution < 1.29 is 9.90 Å². The molecular formula is C13H14BrN3O2. The Hall–Kier alpha value is -1.66. The van der Waals surface area contributed by atoms with Gasteiger partial charge in [0.15, 0.2) is 5.69 Å². The number of benzene rings is 1. The third-order valence-corrected chi connectivity index (χ3v) is 2.95. The van der Waals surface area contributed by atoms with E-state index in [-0.39, 0.29) is 12.5 Å². The van der Waals surface area contributed by atoms with Crippen molar-refractivity contribution in [1.29, 1.82) is 0 Å². The first-order valence-electron chi connectivity index (χ1n) is 5.84. The van der Waals surface area contributed by atoms with E-state index in [1.54, 1.807) is 23.9 Å². The maximum Gasteiger partial charge on any atom is 0.271 e. The van der Waals surface area contributed by atoms with Crippen LogP contribution in [0.4, 0.5) is 0 Å². The molecule has 0 radical (unpaired) electrons. The summed E-state index contributed by atoms with van der Waals surface area (Å²) in [5.41, 5.74) is 1.18. The van der Waals surface area contributed by atoms with Crippen molar-refractivity contribution in [3.63, 3.8) is 0 Å². The van der Waals surface area contributed by atoms with Crippen LogP contribution in [0.15, 0.2) is 41.0 Å². The van der Waals surface area contributed by atoms with Crippen molar-refractivity contribution in [2.75, 3.05) is 6.54 Å². The largest absolute Gasteiger partial charge is 0.392 e. The second-order valence-electron chi connectivity index (χ2n) is 4.18. The Labute approximate surface area is 119 Å². The van der Waals surface area contributed by atoms with Gasteiger partial charge in [-0.3, -0.25) is 4.79 Å². The molecule has 6 heteroatoms. The van der Waals surface area contributed by atoms with E-state index in [4.69, 9.17) is 5.11 Å². The first-order valence-corrected chi connectivity index (χ1v) is 6.63. The van der Waals surface area contributed by atoms with E-state index in [0.717, 1.165) is 10.2 Å². The maximum absolute atomic E-state index is 11.8. The van der Waals surface area contributed by atoms with E-state index in [1.165, 1.54) is 0 Å². The van der Waals surface area contributed by atoms with Crippen molar-refractivity contribution in [1.82, 2.24) is 15.1 Å². The van der Waals surface area contributed by atoms with Crippen molar-refractivity contribution in [3.8, 4) is 5.69 Å². The molecule has 19 heavy (non-hydrogen) atoms. The van der Waals surface area contributed by atoms with Gasteiger partial charge in [-0.15, -0.1) is 0 Å². The zero-order chi connectivity index (χ0) is 13.8. The Morgan fingerprint density at radius 3 is 3.00 bits per heavy atom. The summed E-state index contributed by atoms with van der Waals surface area (Å²) in [5.74, 6) is -0.297. The summed E-state index contributed by atoms with van der Waals surface area (Å²) < 4.78 is 2.57. The fraction of sp³-hybridized carbons (Fsp3) is 0.231. The molecule has 1 aromatic heterocycles. The number of carbonyl (C=O) groups is 1. The minimum atomic E-state index is -0.573. The SMILES string of the molecule is CC(O)CNC(=O)c1ccn(-c2cccc(Br)c2)n1. The highest BCUT2D eigenvalue weighted by molar-refractivity contribution is 9.10. The molecule has 0 aliphatic rings. The highest BCUT2D eigenvalue weighted by Gasteiger charge is 2.10. The lowest BCUT2D eigenvalue weighted by Crippen LogP contribution is -2.30. The second-order valence-corrected chi connectivity index (χ2v) is 5.10. The molecule has 0 fully saturated rings. The van der Waals surface area contributed by atoms with Gasteiger partial charge in [0, 0.05) is 17.2 Å². The van der Waals surface area contributed by atoms with E-state index >= 15 is 0 Å².